The lowest BCUT2D eigenvalue weighted by Gasteiger charge is -2.37. The van der Waals surface area contributed by atoms with Crippen LogP contribution in [0.5, 0.6) is 5.75 Å². The van der Waals surface area contributed by atoms with Crippen LogP contribution in [0.15, 0.2) is 24.3 Å². The summed E-state index contributed by atoms with van der Waals surface area (Å²) in [5.41, 5.74) is 5.46. The first kappa shape index (κ1) is 15.3. The fourth-order valence-corrected chi connectivity index (χ4v) is 2.31. The summed E-state index contributed by atoms with van der Waals surface area (Å²) in [6.45, 7) is 5.32. The topological polar surface area (TPSA) is 86.9 Å². The zero-order chi connectivity index (χ0) is 15.6. The van der Waals surface area contributed by atoms with Crippen LogP contribution in [-0.4, -0.2) is 58.4 Å². The van der Waals surface area contributed by atoms with Gasteiger partial charge >= 0.3 is 0 Å². The Morgan fingerprint density at radius 2 is 1.52 bits per heavy atom. The molecular formula is C15H21N3O3. The zero-order valence-corrected chi connectivity index (χ0v) is 12.4. The van der Waals surface area contributed by atoms with E-state index in [1.54, 1.807) is 35.8 Å². The molecule has 1 aliphatic rings. The van der Waals surface area contributed by atoms with Gasteiger partial charge in [-0.1, -0.05) is 0 Å². The molecule has 1 aromatic rings. The minimum absolute atomic E-state index is 0.0888. The number of phenols is 1. The monoisotopic (exact) mass is 291 g/mol. The zero-order valence-electron chi connectivity index (χ0n) is 12.4. The minimum Gasteiger partial charge on any atom is -0.508 e. The van der Waals surface area contributed by atoms with E-state index in [1.165, 1.54) is 12.1 Å². The third kappa shape index (κ3) is 3.52. The summed E-state index contributed by atoms with van der Waals surface area (Å²) in [7, 11) is 0. The summed E-state index contributed by atoms with van der Waals surface area (Å²) in [6.07, 6.45) is 0. The second-order valence-corrected chi connectivity index (χ2v) is 5.85. The highest BCUT2D eigenvalue weighted by atomic mass is 16.3. The normalized spacial score (nSPS) is 16.0. The van der Waals surface area contributed by atoms with Crippen molar-refractivity contribution in [3.63, 3.8) is 0 Å². The van der Waals surface area contributed by atoms with Gasteiger partial charge in [-0.2, -0.15) is 0 Å². The average Bonchev–Trinajstić information content (AvgIpc) is 2.46. The summed E-state index contributed by atoms with van der Waals surface area (Å²) < 4.78 is 0. The van der Waals surface area contributed by atoms with Gasteiger partial charge in [-0.05, 0) is 38.1 Å². The molecule has 0 spiro atoms. The molecule has 1 fully saturated rings. The number of carbonyl (C=O) groups is 2. The molecular weight excluding hydrogens is 270 g/mol. The third-order valence-electron chi connectivity index (χ3n) is 3.52. The maximum atomic E-state index is 12.3. The molecule has 0 radical (unpaired) electrons. The SMILES string of the molecule is CC(C)(N)C(=O)N1CCN(C(=O)c2ccc(O)cc2)CC1. The van der Waals surface area contributed by atoms with Crippen molar-refractivity contribution in [2.24, 2.45) is 5.73 Å². The predicted molar refractivity (Wildman–Crippen MR) is 78.9 cm³/mol. The fraction of sp³-hybridized carbons (Fsp3) is 0.467. The summed E-state index contributed by atoms with van der Waals surface area (Å²) in [5, 5.41) is 9.24. The first-order valence-electron chi connectivity index (χ1n) is 6.95. The fourth-order valence-electron chi connectivity index (χ4n) is 2.31. The maximum Gasteiger partial charge on any atom is 0.253 e. The van der Waals surface area contributed by atoms with E-state index in [0.29, 0.717) is 31.7 Å². The van der Waals surface area contributed by atoms with Gasteiger partial charge in [-0.25, -0.2) is 0 Å². The molecule has 0 aromatic heterocycles. The molecule has 0 atom stereocenters. The van der Waals surface area contributed by atoms with Gasteiger partial charge in [-0.15, -0.1) is 0 Å². The van der Waals surface area contributed by atoms with E-state index in [9.17, 15) is 14.7 Å². The molecule has 1 heterocycles. The van der Waals surface area contributed by atoms with Crippen LogP contribution >= 0.6 is 0 Å². The van der Waals surface area contributed by atoms with E-state index in [-0.39, 0.29) is 17.6 Å². The lowest BCUT2D eigenvalue weighted by molar-refractivity contribution is -0.137. The van der Waals surface area contributed by atoms with Gasteiger partial charge in [0.25, 0.3) is 5.91 Å². The number of piperazine rings is 1. The van der Waals surface area contributed by atoms with E-state index < -0.39 is 5.54 Å². The van der Waals surface area contributed by atoms with E-state index in [4.69, 9.17) is 5.73 Å². The first-order chi connectivity index (χ1) is 9.79. The molecule has 2 rings (SSSR count). The third-order valence-corrected chi connectivity index (χ3v) is 3.52. The number of hydrogen-bond acceptors (Lipinski definition) is 4. The molecule has 3 N–H and O–H groups in total. The molecule has 0 unspecified atom stereocenters. The van der Waals surface area contributed by atoms with Gasteiger partial charge in [0.2, 0.25) is 5.91 Å². The second-order valence-electron chi connectivity index (χ2n) is 5.85. The summed E-state index contributed by atoms with van der Waals surface area (Å²) in [5.74, 6) is -0.0551. The number of aromatic hydroxyl groups is 1. The molecule has 0 aliphatic carbocycles. The molecule has 1 saturated heterocycles. The minimum atomic E-state index is -0.886. The van der Waals surface area contributed by atoms with Gasteiger partial charge in [0, 0.05) is 31.7 Å². The Kier molecular flexibility index (Phi) is 4.18. The van der Waals surface area contributed by atoms with Crippen molar-refractivity contribution in [3.8, 4) is 5.75 Å². The van der Waals surface area contributed by atoms with Crippen molar-refractivity contribution >= 4 is 11.8 Å². The lowest BCUT2D eigenvalue weighted by atomic mass is 10.0. The van der Waals surface area contributed by atoms with E-state index in [2.05, 4.69) is 0 Å². The Hall–Kier alpha value is -2.08. The van der Waals surface area contributed by atoms with Crippen molar-refractivity contribution in [2.45, 2.75) is 19.4 Å². The maximum absolute atomic E-state index is 12.3. The van der Waals surface area contributed by atoms with E-state index in [0.717, 1.165) is 0 Å². The number of nitrogens with zero attached hydrogens (tertiary/aromatic N) is 2. The molecule has 6 heteroatoms. The quantitative estimate of drug-likeness (QED) is 0.826. The van der Waals surface area contributed by atoms with Crippen molar-refractivity contribution in [3.05, 3.63) is 29.8 Å². The van der Waals surface area contributed by atoms with Gasteiger partial charge in [0.15, 0.2) is 0 Å². The smallest absolute Gasteiger partial charge is 0.253 e. The molecule has 6 nitrogen and oxygen atoms in total. The highest BCUT2D eigenvalue weighted by molar-refractivity contribution is 5.94. The van der Waals surface area contributed by atoms with Crippen molar-refractivity contribution in [1.82, 2.24) is 9.80 Å². The highest BCUT2D eigenvalue weighted by Crippen LogP contribution is 2.14. The largest absolute Gasteiger partial charge is 0.508 e. The molecule has 0 bridgehead atoms. The molecule has 0 saturated carbocycles. The van der Waals surface area contributed by atoms with Gasteiger partial charge in [0.1, 0.15) is 5.75 Å². The van der Waals surface area contributed by atoms with Gasteiger partial charge in [0.05, 0.1) is 5.54 Å². The number of phenolic OH excluding ortho intramolecular Hbond substituents is 1. The lowest BCUT2D eigenvalue weighted by Crippen LogP contribution is -2.57. The summed E-state index contributed by atoms with van der Waals surface area (Å²) in [6, 6.07) is 6.17. The average molecular weight is 291 g/mol. The Morgan fingerprint density at radius 1 is 1.05 bits per heavy atom. The van der Waals surface area contributed by atoms with E-state index in [1.807, 2.05) is 0 Å². The molecule has 1 aromatic carbocycles. The number of carbonyl (C=O) groups excluding carboxylic acids is 2. The first-order valence-corrected chi connectivity index (χ1v) is 6.95. The van der Waals surface area contributed by atoms with Crippen LogP contribution in [0.25, 0.3) is 0 Å². The van der Waals surface area contributed by atoms with Crippen molar-refractivity contribution < 1.29 is 14.7 Å². The van der Waals surface area contributed by atoms with Crippen LogP contribution in [0.2, 0.25) is 0 Å². The van der Waals surface area contributed by atoms with Crippen LogP contribution in [0, 0.1) is 0 Å². The summed E-state index contributed by atoms with van der Waals surface area (Å²) >= 11 is 0. The highest BCUT2D eigenvalue weighted by Gasteiger charge is 2.31. The number of benzene rings is 1. The van der Waals surface area contributed by atoms with Gasteiger partial charge < -0.3 is 20.6 Å². The standard InChI is InChI=1S/C15H21N3O3/c1-15(2,16)14(21)18-9-7-17(8-10-18)13(20)11-3-5-12(19)6-4-11/h3-6,19H,7-10,16H2,1-2H3. The van der Waals surface area contributed by atoms with Crippen LogP contribution in [0.1, 0.15) is 24.2 Å². The number of hydrogen-bond donors (Lipinski definition) is 2. The van der Waals surface area contributed by atoms with Crippen LogP contribution in [0.3, 0.4) is 0 Å². The van der Waals surface area contributed by atoms with Crippen molar-refractivity contribution in [1.29, 1.82) is 0 Å². The Labute approximate surface area is 124 Å². The second kappa shape index (κ2) is 5.73. The van der Waals surface area contributed by atoms with Crippen LogP contribution < -0.4 is 5.73 Å². The predicted octanol–water partition coefficient (Wildman–Crippen LogP) is 0.414. The number of amides is 2. The Morgan fingerprint density at radius 3 is 2.00 bits per heavy atom. The van der Waals surface area contributed by atoms with Crippen molar-refractivity contribution in [2.75, 3.05) is 26.2 Å². The Balaban J connectivity index is 1.96. The summed E-state index contributed by atoms with van der Waals surface area (Å²) in [4.78, 5) is 27.8. The van der Waals surface area contributed by atoms with Crippen LogP contribution in [0.4, 0.5) is 0 Å². The van der Waals surface area contributed by atoms with E-state index >= 15 is 0 Å². The van der Waals surface area contributed by atoms with Crippen LogP contribution in [-0.2, 0) is 4.79 Å². The van der Waals surface area contributed by atoms with Gasteiger partial charge in [-0.3, -0.25) is 9.59 Å². The molecule has 114 valence electrons. The molecule has 1 aliphatic heterocycles. The number of nitrogens with two attached hydrogens (primary N) is 1. The number of rotatable bonds is 2. The molecule has 21 heavy (non-hydrogen) atoms. The Bertz CT molecular complexity index is 526. The molecule has 2 amide bonds.